The zero-order chi connectivity index (χ0) is 55.6. The quantitative estimate of drug-likeness (QED) is 0.0259. The minimum Gasteiger partial charge on any atom is -0.458 e. The summed E-state index contributed by atoms with van der Waals surface area (Å²) in [6.07, 6.45) is 2.98. The fraction of sp³-hybridized carbons (Fsp3) is 0.547. The van der Waals surface area contributed by atoms with Crippen molar-refractivity contribution in [1.29, 1.82) is 0 Å². The average Bonchev–Trinajstić information content (AvgIpc) is 4.20. The molecule has 3 aromatic rings. The molecule has 0 radical (unpaired) electrons. The van der Waals surface area contributed by atoms with Crippen molar-refractivity contribution < 1.29 is 71.5 Å². The van der Waals surface area contributed by atoms with Crippen molar-refractivity contribution in [2.75, 3.05) is 72.5 Å². The molecule has 416 valence electrons. The van der Waals surface area contributed by atoms with E-state index in [0.717, 1.165) is 10.5 Å². The molecule has 3 aliphatic heterocycles. The number of hydrogen-bond acceptors (Lipinski definition) is 16. The van der Waals surface area contributed by atoms with Crippen molar-refractivity contribution in [3.8, 4) is 11.4 Å². The van der Waals surface area contributed by atoms with Gasteiger partial charge in [-0.15, -0.1) is 0 Å². The number of carbonyl (C=O) groups is 8. The van der Waals surface area contributed by atoms with E-state index in [1.54, 1.807) is 33.8 Å². The maximum atomic E-state index is 15.4. The molecule has 0 bridgehead atoms. The number of amides is 7. The van der Waals surface area contributed by atoms with Crippen molar-refractivity contribution in [2.45, 2.75) is 110 Å². The number of carbonyl (C=O) groups excluding carboxylic acids is 8. The van der Waals surface area contributed by atoms with E-state index in [1.165, 1.54) is 29.7 Å². The first kappa shape index (κ1) is 57.7. The number of aliphatic hydroxyl groups is 1. The Kier molecular flexibility index (Phi) is 19.4. The van der Waals surface area contributed by atoms with E-state index in [1.807, 2.05) is 0 Å². The van der Waals surface area contributed by atoms with Gasteiger partial charge in [-0.2, -0.15) is 0 Å². The van der Waals surface area contributed by atoms with Crippen LogP contribution in [0.3, 0.4) is 0 Å². The van der Waals surface area contributed by atoms with E-state index >= 15 is 4.39 Å². The Labute approximate surface area is 443 Å². The van der Waals surface area contributed by atoms with Gasteiger partial charge in [0.25, 0.3) is 17.4 Å². The third-order valence-electron chi connectivity index (χ3n) is 14.0. The molecular formula is C53H67FN8O15. The Hall–Kier alpha value is -6.99. The number of aryl methyl sites for hydroxylation is 1. The molecule has 0 saturated carbocycles. The Bertz CT molecular complexity index is 2870. The van der Waals surface area contributed by atoms with Crippen LogP contribution in [-0.4, -0.2) is 151 Å². The van der Waals surface area contributed by atoms with E-state index in [4.69, 9.17) is 28.7 Å². The summed E-state index contributed by atoms with van der Waals surface area (Å²) in [7, 11) is 0. The fourth-order valence-corrected chi connectivity index (χ4v) is 9.71. The number of benzene rings is 1. The predicted octanol–water partition coefficient (Wildman–Crippen LogP) is 0.670. The first-order chi connectivity index (χ1) is 36.8. The number of ether oxygens (including phenoxy) is 5. The highest BCUT2D eigenvalue weighted by atomic mass is 19.1. The minimum atomic E-state index is -2.04. The standard InChI is InChI=1S/C53H67FN8O15/c1-6-53(72)35-25-39-48-33(27-62(39)51(70)34(35)28-77-52(53)71)46-37(8-7-32-30(4)36(54)26-38(59-48)45(32)46)58-41(64)11-14-56-49(68)31(5)57-50(69)47(29(2)3)60-42(65)13-17-73-19-21-75-23-24-76-22-20-74-18-15-55-40(63)12-16-61-43(66)9-10-44(61)67/h9-10,25-26,29,31,37,47,72H,6-8,11-24,27-28H2,1-5H3,(H,55,63)(H,56,68)(H,57,69)(H,58,64)(H,60,65)/t31-,37-,47-,53?/m0/s1. The van der Waals surface area contributed by atoms with Crippen molar-refractivity contribution in [2.24, 2.45) is 5.92 Å². The van der Waals surface area contributed by atoms with E-state index in [2.05, 4.69) is 26.6 Å². The highest BCUT2D eigenvalue weighted by molar-refractivity contribution is 6.13. The number of esters is 1. The molecule has 7 amide bonds. The van der Waals surface area contributed by atoms with Gasteiger partial charge in [0.2, 0.25) is 29.5 Å². The summed E-state index contributed by atoms with van der Waals surface area (Å²) in [4.78, 5) is 120. The number of rotatable bonds is 28. The Morgan fingerprint density at radius 3 is 2.13 bits per heavy atom. The molecule has 23 nitrogen and oxygen atoms in total. The van der Waals surface area contributed by atoms with Crippen molar-refractivity contribution in [3.63, 3.8) is 0 Å². The number of hydrogen-bond donors (Lipinski definition) is 6. The average molecular weight is 1080 g/mol. The lowest BCUT2D eigenvalue weighted by Gasteiger charge is -2.31. The summed E-state index contributed by atoms with van der Waals surface area (Å²) in [5.74, 6) is -4.75. The van der Waals surface area contributed by atoms with Crippen LogP contribution in [0.15, 0.2) is 29.1 Å². The number of imide groups is 1. The first-order valence-electron chi connectivity index (χ1n) is 25.9. The van der Waals surface area contributed by atoms with Crippen LogP contribution in [0.4, 0.5) is 4.39 Å². The lowest BCUT2D eigenvalue weighted by atomic mass is 9.81. The molecule has 0 spiro atoms. The van der Waals surface area contributed by atoms with Crippen molar-refractivity contribution in [3.05, 3.63) is 73.8 Å². The van der Waals surface area contributed by atoms with E-state index in [9.17, 15) is 48.3 Å². The van der Waals surface area contributed by atoms with Gasteiger partial charge in [-0.05, 0) is 61.8 Å². The number of aromatic nitrogens is 2. The van der Waals surface area contributed by atoms with E-state index < -0.39 is 76.5 Å². The van der Waals surface area contributed by atoms with Crippen molar-refractivity contribution >= 4 is 58.2 Å². The van der Waals surface area contributed by atoms with Crippen LogP contribution in [0.5, 0.6) is 0 Å². The minimum absolute atomic E-state index is 0.00171. The molecule has 77 heavy (non-hydrogen) atoms. The van der Waals surface area contributed by atoms with Gasteiger partial charge in [0.1, 0.15) is 24.5 Å². The summed E-state index contributed by atoms with van der Waals surface area (Å²) in [6, 6.07) is 0.368. The van der Waals surface area contributed by atoms with Gasteiger partial charge < -0.3 is 59.9 Å². The van der Waals surface area contributed by atoms with Gasteiger partial charge in [-0.1, -0.05) is 20.8 Å². The highest BCUT2D eigenvalue weighted by Crippen LogP contribution is 2.46. The Balaban J connectivity index is 0.786. The second-order valence-electron chi connectivity index (χ2n) is 19.5. The number of cyclic esters (lactones) is 1. The molecule has 1 aromatic carbocycles. The van der Waals surface area contributed by atoms with Crippen LogP contribution in [0.1, 0.15) is 99.2 Å². The van der Waals surface area contributed by atoms with Crippen LogP contribution in [-0.2, 0) is 87.2 Å². The van der Waals surface area contributed by atoms with Crippen LogP contribution in [0.25, 0.3) is 22.3 Å². The molecule has 0 saturated heterocycles. The number of pyridine rings is 2. The molecular weight excluding hydrogens is 1010 g/mol. The molecule has 5 heterocycles. The summed E-state index contributed by atoms with van der Waals surface area (Å²) in [6.45, 7) is 10.3. The molecule has 2 aromatic heterocycles. The molecule has 6 N–H and O–H groups in total. The third kappa shape index (κ3) is 13.4. The highest BCUT2D eigenvalue weighted by Gasteiger charge is 2.46. The first-order valence-corrected chi connectivity index (χ1v) is 25.9. The van der Waals surface area contributed by atoms with Crippen LogP contribution >= 0.6 is 0 Å². The maximum absolute atomic E-state index is 15.4. The summed E-state index contributed by atoms with van der Waals surface area (Å²) < 4.78 is 43.9. The van der Waals surface area contributed by atoms with Crippen LogP contribution in [0.2, 0.25) is 0 Å². The maximum Gasteiger partial charge on any atom is 0.343 e. The summed E-state index contributed by atoms with van der Waals surface area (Å²) in [5.41, 5.74) is 1.41. The Morgan fingerprint density at radius 2 is 1.47 bits per heavy atom. The van der Waals surface area contributed by atoms with Gasteiger partial charge >= 0.3 is 5.97 Å². The predicted molar refractivity (Wildman–Crippen MR) is 272 cm³/mol. The molecule has 1 unspecified atom stereocenters. The van der Waals surface area contributed by atoms with E-state index in [-0.39, 0.29) is 108 Å². The topological polar surface area (TPSA) is 301 Å². The second-order valence-corrected chi connectivity index (χ2v) is 19.5. The lowest BCUT2D eigenvalue weighted by molar-refractivity contribution is -0.172. The number of halogens is 1. The molecule has 0 fully saturated rings. The smallest absolute Gasteiger partial charge is 0.343 e. The normalized spacial score (nSPS) is 17.9. The van der Waals surface area contributed by atoms with E-state index in [0.29, 0.717) is 78.3 Å². The monoisotopic (exact) mass is 1070 g/mol. The molecule has 7 rings (SSSR count). The molecule has 1 aliphatic carbocycles. The number of nitrogens with zero attached hydrogens (tertiary/aromatic N) is 3. The lowest BCUT2D eigenvalue weighted by Crippen LogP contribution is -2.54. The summed E-state index contributed by atoms with van der Waals surface area (Å²) in [5, 5.41) is 25.8. The molecule has 4 atom stereocenters. The fourth-order valence-electron chi connectivity index (χ4n) is 9.71. The second kappa shape index (κ2) is 25.9. The largest absolute Gasteiger partial charge is 0.458 e. The van der Waals surface area contributed by atoms with Gasteiger partial charge in [0.15, 0.2) is 5.60 Å². The van der Waals surface area contributed by atoms with Gasteiger partial charge in [0.05, 0.1) is 87.9 Å². The van der Waals surface area contributed by atoms with Gasteiger partial charge in [-0.3, -0.25) is 43.3 Å². The zero-order valence-electron chi connectivity index (χ0n) is 43.9. The van der Waals surface area contributed by atoms with Gasteiger partial charge in [0, 0.05) is 73.6 Å². The third-order valence-corrected chi connectivity index (χ3v) is 14.0. The van der Waals surface area contributed by atoms with Crippen molar-refractivity contribution in [1.82, 2.24) is 41.0 Å². The number of nitrogens with one attached hydrogen (secondary N) is 5. The van der Waals surface area contributed by atoms with Crippen LogP contribution < -0.4 is 32.1 Å². The van der Waals surface area contributed by atoms with Gasteiger partial charge in [-0.25, -0.2) is 14.2 Å². The molecule has 24 heteroatoms. The van der Waals surface area contributed by atoms with Crippen LogP contribution in [0, 0.1) is 18.7 Å². The summed E-state index contributed by atoms with van der Waals surface area (Å²) >= 11 is 0. The Morgan fingerprint density at radius 1 is 0.805 bits per heavy atom. The number of fused-ring (bicyclic) bond motifs is 5. The SMILES string of the molecule is CCC1(O)C(=O)OCc2c1cc1n(c2=O)Cc2c-1nc1cc(F)c(C)c3c1c2[C@@H](NC(=O)CCNC(=O)[C@H](C)NC(=O)[C@@H](NC(=O)CCOCCOCCOCCOCCNC(=O)CCN1C(=O)C=CC1=O)C(C)C)CC3. The zero-order valence-corrected chi connectivity index (χ0v) is 43.9. The molecule has 4 aliphatic rings.